The average Bonchev–Trinajstić information content (AvgIpc) is 2.22. The Labute approximate surface area is 88.1 Å². The molecule has 2 atom stereocenters. The molecule has 0 amide bonds. The van der Waals surface area contributed by atoms with Gasteiger partial charge in [-0.2, -0.15) is 0 Å². The lowest BCUT2D eigenvalue weighted by Gasteiger charge is -2.23. The zero-order valence-electron chi connectivity index (χ0n) is 9.63. The molecule has 0 aliphatic rings. The van der Waals surface area contributed by atoms with Gasteiger partial charge in [0.1, 0.15) is 0 Å². The number of hydrogen-bond acceptors (Lipinski definition) is 3. The van der Waals surface area contributed by atoms with E-state index in [1.165, 1.54) is 19.3 Å². The van der Waals surface area contributed by atoms with Gasteiger partial charge in [0.05, 0.1) is 6.61 Å². The summed E-state index contributed by atoms with van der Waals surface area (Å²) in [5, 5.41) is 12.0. The van der Waals surface area contributed by atoms with Gasteiger partial charge in [-0.25, -0.2) is 0 Å². The minimum Gasteiger partial charge on any atom is -0.395 e. The molecule has 0 bridgehead atoms. The van der Waals surface area contributed by atoms with Crippen molar-refractivity contribution in [3.63, 3.8) is 0 Å². The Bertz CT molecular complexity index is 120. The highest BCUT2D eigenvalue weighted by molar-refractivity contribution is 4.78. The van der Waals surface area contributed by atoms with Crippen molar-refractivity contribution < 1.29 is 5.11 Å². The van der Waals surface area contributed by atoms with E-state index < -0.39 is 0 Å². The standard InChI is InChI=1S/C11H26N2O/c1-3-5-6-7-11(10(12)4-2)13-8-9-14/h10-11,13-14H,3-9,12H2,1-2H3/t10-,11+/m0/s1. The molecule has 0 aromatic carbocycles. The molecule has 0 radical (unpaired) electrons. The Hall–Kier alpha value is -0.120. The number of hydrogen-bond donors (Lipinski definition) is 3. The lowest BCUT2D eigenvalue weighted by Crippen LogP contribution is -2.45. The molecule has 0 saturated carbocycles. The molecule has 0 aliphatic heterocycles. The summed E-state index contributed by atoms with van der Waals surface area (Å²) in [5.74, 6) is 0. The van der Waals surface area contributed by atoms with Crippen molar-refractivity contribution in [3.05, 3.63) is 0 Å². The molecule has 0 aliphatic carbocycles. The molecule has 0 saturated heterocycles. The van der Waals surface area contributed by atoms with E-state index >= 15 is 0 Å². The van der Waals surface area contributed by atoms with E-state index in [-0.39, 0.29) is 12.6 Å². The fourth-order valence-electron chi connectivity index (χ4n) is 1.62. The first-order valence-corrected chi connectivity index (χ1v) is 5.86. The lowest BCUT2D eigenvalue weighted by molar-refractivity contribution is 0.272. The first-order chi connectivity index (χ1) is 6.76. The average molecular weight is 202 g/mol. The Balaban J connectivity index is 3.72. The monoisotopic (exact) mass is 202 g/mol. The molecule has 3 heteroatoms. The van der Waals surface area contributed by atoms with Crippen LogP contribution in [0.4, 0.5) is 0 Å². The quantitative estimate of drug-likeness (QED) is 0.493. The number of aliphatic hydroxyl groups excluding tert-OH is 1. The number of rotatable bonds is 9. The summed E-state index contributed by atoms with van der Waals surface area (Å²) in [5.41, 5.74) is 6.00. The summed E-state index contributed by atoms with van der Waals surface area (Å²) in [4.78, 5) is 0. The number of nitrogens with two attached hydrogens (primary N) is 1. The minimum atomic E-state index is 0.195. The van der Waals surface area contributed by atoms with Crippen LogP contribution in [0, 0.1) is 0 Å². The second kappa shape index (κ2) is 9.44. The van der Waals surface area contributed by atoms with Gasteiger partial charge in [-0.05, 0) is 12.8 Å². The van der Waals surface area contributed by atoms with Gasteiger partial charge >= 0.3 is 0 Å². The van der Waals surface area contributed by atoms with Crippen molar-refractivity contribution in [1.82, 2.24) is 5.32 Å². The Morgan fingerprint density at radius 2 is 2.00 bits per heavy atom. The SMILES string of the molecule is CCCCC[C@@H](NCCO)[C@@H](N)CC. The Kier molecular flexibility index (Phi) is 9.35. The predicted octanol–water partition coefficient (Wildman–Crippen LogP) is 1.25. The van der Waals surface area contributed by atoms with Gasteiger partial charge in [-0.15, -0.1) is 0 Å². The van der Waals surface area contributed by atoms with Crippen molar-refractivity contribution >= 4 is 0 Å². The van der Waals surface area contributed by atoms with Gasteiger partial charge in [-0.1, -0.05) is 33.1 Å². The normalized spacial score (nSPS) is 15.4. The number of nitrogens with one attached hydrogen (secondary N) is 1. The van der Waals surface area contributed by atoms with Gasteiger partial charge in [0, 0.05) is 18.6 Å². The summed E-state index contributed by atoms with van der Waals surface area (Å²) in [6.07, 6.45) is 5.87. The number of unbranched alkanes of at least 4 members (excludes halogenated alkanes) is 2. The van der Waals surface area contributed by atoms with Crippen LogP contribution in [-0.4, -0.2) is 30.3 Å². The van der Waals surface area contributed by atoms with Crippen LogP contribution >= 0.6 is 0 Å². The molecular formula is C11H26N2O. The molecule has 0 heterocycles. The third-order valence-corrected chi connectivity index (χ3v) is 2.63. The van der Waals surface area contributed by atoms with E-state index in [1.807, 2.05) is 0 Å². The highest BCUT2D eigenvalue weighted by Gasteiger charge is 2.14. The van der Waals surface area contributed by atoms with Crippen LogP contribution in [-0.2, 0) is 0 Å². The van der Waals surface area contributed by atoms with Crippen molar-refractivity contribution in [1.29, 1.82) is 0 Å². The van der Waals surface area contributed by atoms with Gasteiger partial charge in [0.25, 0.3) is 0 Å². The fourth-order valence-corrected chi connectivity index (χ4v) is 1.62. The zero-order chi connectivity index (χ0) is 10.8. The van der Waals surface area contributed by atoms with Crippen molar-refractivity contribution in [2.45, 2.75) is 58.0 Å². The van der Waals surface area contributed by atoms with E-state index in [1.54, 1.807) is 0 Å². The molecule has 3 nitrogen and oxygen atoms in total. The van der Waals surface area contributed by atoms with Crippen LogP contribution in [0.25, 0.3) is 0 Å². The minimum absolute atomic E-state index is 0.195. The topological polar surface area (TPSA) is 58.3 Å². The fraction of sp³-hybridized carbons (Fsp3) is 1.00. The second-order valence-corrected chi connectivity index (χ2v) is 3.85. The van der Waals surface area contributed by atoms with E-state index in [0.29, 0.717) is 12.6 Å². The van der Waals surface area contributed by atoms with E-state index in [4.69, 9.17) is 10.8 Å². The molecule has 0 fully saturated rings. The van der Waals surface area contributed by atoms with Crippen LogP contribution in [0.15, 0.2) is 0 Å². The maximum Gasteiger partial charge on any atom is 0.0556 e. The lowest BCUT2D eigenvalue weighted by atomic mass is 10.00. The molecule has 86 valence electrons. The predicted molar refractivity (Wildman–Crippen MR) is 61.3 cm³/mol. The van der Waals surface area contributed by atoms with Gasteiger partial charge in [0.2, 0.25) is 0 Å². The third kappa shape index (κ3) is 6.35. The molecule has 0 aromatic rings. The molecule has 0 spiro atoms. The third-order valence-electron chi connectivity index (χ3n) is 2.63. The highest BCUT2D eigenvalue weighted by atomic mass is 16.3. The Morgan fingerprint density at radius 3 is 2.50 bits per heavy atom. The number of aliphatic hydroxyl groups is 1. The maximum absolute atomic E-state index is 8.74. The molecular weight excluding hydrogens is 176 g/mol. The molecule has 0 aromatic heterocycles. The summed E-state index contributed by atoms with van der Waals surface area (Å²) in [6.45, 7) is 5.17. The summed E-state index contributed by atoms with van der Waals surface area (Å²) in [7, 11) is 0. The van der Waals surface area contributed by atoms with Crippen molar-refractivity contribution in [2.75, 3.05) is 13.2 Å². The molecule has 14 heavy (non-hydrogen) atoms. The van der Waals surface area contributed by atoms with E-state index in [2.05, 4.69) is 19.2 Å². The largest absolute Gasteiger partial charge is 0.395 e. The van der Waals surface area contributed by atoms with Crippen molar-refractivity contribution in [2.24, 2.45) is 5.73 Å². The van der Waals surface area contributed by atoms with Crippen molar-refractivity contribution in [3.8, 4) is 0 Å². The van der Waals surface area contributed by atoms with Crippen LogP contribution in [0.3, 0.4) is 0 Å². The molecule has 4 N–H and O–H groups in total. The van der Waals surface area contributed by atoms with E-state index in [9.17, 15) is 0 Å². The van der Waals surface area contributed by atoms with Crippen LogP contribution in [0.5, 0.6) is 0 Å². The Morgan fingerprint density at radius 1 is 1.29 bits per heavy atom. The maximum atomic E-state index is 8.74. The summed E-state index contributed by atoms with van der Waals surface area (Å²) in [6, 6.07) is 0.595. The summed E-state index contributed by atoms with van der Waals surface area (Å²) < 4.78 is 0. The molecule has 0 unspecified atom stereocenters. The van der Waals surface area contributed by atoms with Gasteiger partial charge in [-0.3, -0.25) is 0 Å². The zero-order valence-corrected chi connectivity index (χ0v) is 9.63. The van der Waals surface area contributed by atoms with Crippen LogP contribution in [0.2, 0.25) is 0 Å². The first-order valence-electron chi connectivity index (χ1n) is 5.86. The summed E-state index contributed by atoms with van der Waals surface area (Å²) >= 11 is 0. The van der Waals surface area contributed by atoms with E-state index in [0.717, 1.165) is 12.8 Å². The van der Waals surface area contributed by atoms with Gasteiger partial charge in [0.15, 0.2) is 0 Å². The van der Waals surface area contributed by atoms with Gasteiger partial charge < -0.3 is 16.2 Å². The van der Waals surface area contributed by atoms with Crippen LogP contribution < -0.4 is 11.1 Å². The molecule has 0 rings (SSSR count). The second-order valence-electron chi connectivity index (χ2n) is 3.85. The highest BCUT2D eigenvalue weighted by Crippen LogP contribution is 2.07. The van der Waals surface area contributed by atoms with Crippen LogP contribution in [0.1, 0.15) is 46.0 Å². The first kappa shape index (κ1) is 13.9. The smallest absolute Gasteiger partial charge is 0.0556 e.